The molecule has 3 aromatic heterocycles. The number of fused-ring (bicyclic) bond motifs is 1. The number of H-pyrrole nitrogens is 1. The molecule has 176 valence electrons. The summed E-state index contributed by atoms with van der Waals surface area (Å²) in [4.78, 5) is 29.1. The lowest BCUT2D eigenvalue weighted by atomic mass is 10.1. The molecule has 9 heteroatoms. The maximum Gasteiger partial charge on any atom is 0.276 e. The smallest absolute Gasteiger partial charge is 0.276 e. The Morgan fingerprint density at radius 1 is 1.03 bits per heavy atom. The molecule has 4 N–H and O–H groups in total. The van der Waals surface area contributed by atoms with E-state index in [9.17, 15) is 9.59 Å². The molecule has 0 saturated heterocycles. The maximum absolute atomic E-state index is 12.7. The number of nitrogen functional groups attached to an aromatic ring is 1. The number of aromatic amines is 1. The Labute approximate surface area is 201 Å². The zero-order chi connectivity index (χ0) is 24.4. The van der Waals surface area contributed by atoms with Crippen LogP contribution in [0.5, 0.6) is 0 Å². The number of anilines is 1. The van der Waals surface area contributed by atoms with Gasteiger partial charge in [0.1, 0.15) is 11.4 Å². The Balaban J connectivity index is 1.22. The summed E-state index contributed by atoms with van der Waals surface area (Å²) in [5, 5.41) is 11.7. The summed E-state index contributed by atoms with van der Waals surface area (Å²) in [6, 6.07) is 15.7. The van der Waals surface area contributed by atoms with Crippen molar-refractivity contribution in [1.29, 1.82) is 0 Å². The van der Waals surface area contributed by atoms with Crippen LogP contribution in [0.25, 0.3) is 10.8 Å². The van der Waals surface area contributed by atoms with E-state index in [1.807, 2.05) is 72.5 Å². The van der Waals surface area contributed by atoms with Gasteiger partial charge in [0.15, 0.2) is 0 Å². The molecule has 9 nitrogen and oxygen atoms in total. The summed E-state index contributed by atoms with van der Waals surface area (Å²) in [6.45, 7) is 3.44. The number of carbonyl (C=O) groups is 1. The molecule has 2 aromatic carbocycles. The fourth-order valence-corrected chi connectivity index (χ4v) is 4.01. The molecule has 3 heterocycles. The monoisotopic (exact) mass is 467 g/mol. The zero-order valence-corrected chi connectivity index (χ0v) is 19.2. The Bertz CT molecular complexity index is 1560. The molecule has 5 aromatic rings. The van der Waals surface area contributed by atoms with Gasteiger partial charge in [0.2, 0.25) is 0 Å². The minimum Gasteiger partial charge on any atom is -0.383 e. The van der Waals surface area contributed by atoms with Crippen LogP contribution in [0.15, 0.2) is 78.1 Å². The van der Waals surface area contributed by atoms with Gasteiger partial charge in [-0.1, -0.05) is 36.4 Å². The first-order chi connectivity index (χ1) is 16.9. The van der Waals surface area contributed by atoms with Gasteiger partial charge in [-0.2, -0.15) is 5.10 Å². The Morgan fingerprint density at radius 3 is 2.51 bits per heavy atom. The Kier molecular flexibility index (Phi) is 5.88. The fraction of sp³-hybridized carbons (Fsp3) is 0.154. The molecule has 1 amide bonds. The molecule has 0 spiro atoms. The standard InChI is InChI=1S/C26H25N7O2/c1-17-11-30-32(13-17)14-18-2-4-19(5-3-18)15-33-16-23(26(35)31-33)25(34)29-12-20-6-7-22-21(10-20)8-9-28-24(22)27/h2-11,13,16H,12,14-15H2,1H3,(H2,27,28)(H,29,34)(H,31,35). The fourth-order valence-electron chi connectivity index (χ4n) is 4.01. The van der Waals surface area contributed by atoms with Crippen molar-refractivity contribution in [2.45, 2.75) is 26.6 Å². The first kappa shape index (κ1) is 22.1. The average Bonchev–Trinajstić information content (AvgIpc) is 3.43. The lowest BCUT2D eigenvalue weighted by Crippen LogP contribution is -2.27. The van der Waals surface area contributed by atoms with E-state index in [-0.39, 0.29) is 5.56 Å². The number of pyridine rings is 1. The molecule has 35 heavy (non-hydrogen) atoms. The normalized spacial score (nSPS) is 11.1. The number of amides is 1. The third kappa shape index (κ3) is 4.98. The highest BCUT2D eigenvalue weighted by atomic mass is 16.2. The molecular weight excluding hydrogens is 442 g/mol. The van der Waals surface area contributed by atoms with Crippen LogP contribution in [0.1, 0.15) is 32.6 Å². The van der Waals surface area contributed by atoms with Gasteiger partial charge in [0.25, 0.3) is 11.5 Å². The summed E-state index contributed by atoms with van der Waals surface area (Å²) in [6.07, 6.45) is 7.03. The highest BCUT2D eigenvalue weighted by Crippen LogP contribution is 2.20. The first-order valence-corrected chi connectivity index (χ1v) is 11.2. The van der Waals surface area contributed by atoms with Crippen LogP contribution in [-0.4, -0.2) is 30.5 Å². The number of nitrogens with one attached hydrogen (secondary N) is 2. The summed E-state index contributed by atoms with van der Waals surface area (Å²) in [7, 11) is 0. The molecule has 0 aliphatic heterocycles. The second-order valence-electron chi connectivity index (χ2n) is 8.58. The highest BCUT2D eigenvalue weighted by molar-refractivity contribution is 5.94. The van der Waals surface area contributed by atoms with Gasteiger partial charge in [-0.05, 0) is 46.7 Å². The highest BCUT2D eigenvalue weighted by Gasteiger charge is 2.14. The molecule has 0 radical (unpaired) electrons. The third-order valence-corrected chi connectivity index (χ3v) is 5.81. The van der Waals surface area contributed by atoms with Crippen LogP contribution in [0.4, 0.5) is 5.82 Å². The number of nitrogens with zero attached hydrogens (tertiary/aromatic N) is 4. The molecule has 5 rings (SSSR count). The van der Waals surface area contributed by atoms with Crippen LogP contribution in [-0.2, 0) is 19.6 Å². The van der Waals surface area contributed by atoms with Gasteiger partial charge >= 0.3 is 0 Å². The summed E-state index contributed by atoms with van der Waals surface area (Å²) in [5.41, 5.74) is 9.70. The largest absolute Gasteiger partial charge is 0.383 e. The Morgan fingerprint density at radius 2 is 1.77 bits per heavy atom. The number of aromatic nitrogens is 5. The Hall–Kier alpha value is -4.66. The van der Waals surface area contributed by atoms with E-state index in [2.05, 4.69) is 20.5 Å². The molecule has 0 fully saturated rings. The van der Waals surface area contributed by atoms with Crippen molar-refractivity contribution >= 4 is 22.5 Å². The van der Waals surface area contributed by atoms with Crippen molar-refractivity contribution in [1.82, 2.24) is 29.9 Å². The minimum atomic E-state index is -0.427. The van der Waals surface area contributed by atoms with Gasteiger partial charge < -0.3 is 11.1 Å². The van der Waals surface area contributed by atoms with Gasteiger partial charge in [-0.15, -0.1) is 0 Å². The van der Waals surface area contributed by atoms with E-state index >= 15 is 0 Å². The number of nitrogens with two attached hydrogens (primary N) is 1. The number of hydrogen-bond acceptors (Lipinski definition) is 5. The van der Waals surface area contributed by atoms with Crippen LogP contribution in [0, 0.1) is 6.92 Å². The number of aryl methyl sites for hydroxylation is 1. The van der Waals surface area contributed by atoms with Gasteiger partial charge in [-0.3, -0.25) is 24.1 Å². The molecule has 0 unspecified atom stereocenters. The minimum absolute atomic E-state index is 0.0740. The molecule has 0 saturated carbocycles. The van der Waals surface area contributed by atoms with Crippen LogP contribution < -0.4 is 16.6 Å². The van der Waals surface area contributed by atoms with E-state index in [1.54, 1.807) is 17.1 Å². The van der Waals surface area contributed by atoms with E-state index in [0.717, 1.165) is 33.0 Å². The molecular formula is C26H25N7O2. The second kappa shape index (κ2) is 9.30. The van der Waals surface area contributed by atoms with Crippen molar-refractivity contribution in [3.8, 4) is 0 Å². The van der Waals surface area contributed by atoms with Gasteiger partial charge in [0.05, 0.1) is 19.3 Å². The number of carbonyl (C=O) groups excluding carboxylic acids is 1. The predicted octanol–water partition coefficient (Wildman–Crippen LogP) is 2.84. The van der Waals surface area contributed by atoms with Crippen molar-refractivity contribution in [2.24, 2.45) is 0 Å². The number of rotatable bonds is 7. The summed E-state index contributed by atoms with van der Waals surface area (Å²) >= 11 is 0. The van der Waals surface area contributed by atoms with Crippen molar-refractivity contribution in [2.75, 3.05) is 5.73 Å². The van der Waals surface area contributed by atoms with Gasteiger partial charge in [-0.25, -0.2) is 4.98 Å². The molecule has 0 aliphatic rings. The van der Waals surface area contributed by atoms with Crippen LogP contribution in [0.2, 0.25) is 0 Å². The van der Waals surface area contributed by atoms with Crippen molar-refractivity contribution < 1.29 is 4.79 Å². The third-order valence-electron chi connectivity index (χ3n) is 5.81. The summed E-state index contributed by atoms with van der Waals surface area (Å²) in [5.74, 6) is 0.0396. The lowest BCUT2D eigenvalue weighted by molar-refractivity contribution is 0.0950. The van der Waals surface area contributed by atoms with E-state index in [0.29, 0.717) is 25.5 Å². The number of hydrogen-bond donors (Lipinski definition) is 3. The predicted molar refractivity (Wildman–Crippen MR) is 134 cm³/mol. The second-order valence-corrected chi connectivity index (χ2v) is 8.58. The SMILES string of the molecule is Cc1cnn(Cc2ccc(Cn3cc(C(=O)NCc4ccc5c(N)nccc5c4)c(=O)[nH]3)cc2)c1. The topological polar surface area (TPSA) is 124 Å². The van der Waals surface area contributed by atoms with E-state index in [1.165, 1.54) is 0 Å². The van der Waals surface area contributed by atoms with E-state index < -0.39 is 11.5 Å². The molecule has 0 atom stereocenters. The van der Waals surface area contributed by atoms with Crippen molar-refractivity contribution in [3.05, 3.63) is 111 Å². The number of benzene rings is 2. The van der Waals surface area contributed by atoms with Gasteiger partial charge in [0, 0.05) is 30.5 Å². The van der Waals surface area contributed by atoms with E-state index in [4.69, 9.17) is 5.73 Å². The average molecular weight is 468 g/mol. The maximum atomic E-state index is 12.7. The quantitative estimate of drug-likeness (QED) is 0.340. The first-order valence-electron chi connectivity index (χ1n) is 11.2. The molecule has 0 bridgehead atoms. The summed E-state index contributed by atoms with van der Waals surface area (Å²) < 4.78 is 3.51. The van der Waals surface area contributed by atoms with Crippen molar-refractivity contribution in [3.63, 3.8) is 0 Å². The zero-order valence-electron chi connectivity index (χ0n) is 19.2. The van der Waals surface area contributed by atoms with Crippen LogP contribution >= 0.6 is 0 Å². The lowest BCUT2D eigenvalue weighted by Gasteiger charge is -2.07. The van der Waals surface area contributed by atoms with Crippen LogP contribution in [0.3, 0.4) is 0 Å². The molecule has 0 aliphatic carbocycles.